The van der Waals surface area contributed by atoms with Crippen molar-refractivity contribution in [2.24, 2.45) is 0 Å². The molecule has 3 rings (SSSR count). The summed E-state index contributed by atoms with van der Waals surface area (Å²) < 4.78 is 26.4. The Hall–Kier alpha value is -1.26. The van der Waals surface area contributed by atoms with Crippen LogP contribution in [0.1, 0.15) is 55.1 Å². The number of aryl methyl sites for hydroxylation is 1. The average Bonchev–Trinajstić information content (AvgIpc) is 2.70. The number of nitrogens with one attached hydrogen (secondary N) is 1. The highest BCUT2D eigenvalue weighted by molar-refractivity contribution is 5.22. The van der Waals surface area contributed by atoms with E-state index in [4.69, 9.17) is 0 Å². The van der Waals surface area contributed by atoms with Crippen LogP contribution in [0.15, 0.2) is 4.79 Å². The summed E-state index contributed by atoms with van der Waals surface area (Å²) >= 11 is 0. The predicted molar refractivity (Wildman–Crippen MR) is 63.0 cm³/mol. The van der Waals surface area contributed by atoms with Crippen LogP contribution in [0, 0.1) is 0 Å². The third-order valence-corrected chi connectivity index (χ3v) is 4.00. The van der Waals surface area contributed by atoms with Crippen LogP contribution in [-0.4, -0.2) is 15.9 Å². The highest BCUT2D eigenvalue weighted by Gasteiger charge is 2.41. The molecule has 2 aliphatic carbocycles. The van der Waals surface area contributed by atoms with Gasteiger partial charge in [0.25, 0.3) is 5.56 Å². The summed E-state index contributed by atoms with van der Waals surface area (Å²) in [6.45, 7) is 0. The quantitative estimate of drug-likeness (QED) is 0.837. The molecule has 0 aromatic carbocycles. The van der Waals surface area contributed by atoms with Gasteiger partial charge in [0.2, 0.25) is 5.92 Å². The largest absolute Gasteiger partial charge is 0.310 e. The van der Waals surface area contributed by atoms with E-state index in [1.165, 1.54) is 0 Å². The molecule has 0 aliphatic heterocycles. The van der Waals surface area contributed by atoms with E-state index >= 15 is 0 Å². The number of nitrogens with zero attached hydrogens (tertiary/aromatic N) is 1. The lowest BCUT2D eigenvalue weighted by atomic mass is 9.96. The molecule has 1 atom stereocenters. The topological polar surface area (TPSA) is 45.8 Å². The molecule has 0 radical (unpaired) electrons. The van der Waals surface area contributed by atoms with Gasteiger partial charge in [0.1, 0.15) is 5.82 Å². The Balaban J connectivity index is 1.94. The molecule has 0 saturated heterocycles. The minimum Gasteiger partial charge on any atom is -0.310 e. The Labute approximate surface area is 104 Å². The van der Waals surface area contributed by atoms with Gasteiger partial charge in [-0.3, -0.25) is 4.79 Å². The minimum absolute atomic E-state index is 0.0987. The number of aromatic nitrogens is 2. The first-order valence-corrected chi connectivity index (χ1v) is 6.55. The van der Waals surface area contributed by atoms with Gasteiger partial charge >= 0.3 is 0 Å². The van der Waals surface area contributed by atoms with Gasteiger partial charge in [-0.2, -0.15) is 0 Å². The highest BCUT2D eigenvalue weighted by Crippen LogP contribution is 2.43. The van der Waals surface area contributed by atoms with Gasteiger partial charge in [0, 0.05) is 24.3 Å². The maximum absolute atomic E-state index is 13.2. The van der Waals surface area contributed by atoms with Crippen molar-refractivity contribution in [3.05, 3.63) is 27.4 Å². The Bertz CT molecular complexity index is 524. The average molecular weight is 254 g/mol. The number of hydrogen-bond donors (Lipinski definition) is 1. The van der Waals surface area contributed by atoms with Crippen LogP contribution in [0.3, 0.4) is 0 Å². The van der Waals surface area contributed by atoms with E-state index in [9.17, 15) is 13.6 Å². The molecule has 1 heterocycles. The van der Waals surface area contributed by atoms with Gasteiger partial charge in [0.15, 0.2) is 0 Å². The number of halogens is 2. The Morgan fingerprint density at radius 2 is 2.06 bits per heavy atom. The predicted octanol–water partition coefficient (Wildman–Crippen LogP) is 2.55. The van der Waals surface area contributed by atoms with Gasteiger partial charge in [-0.1, -0.05) is 0 Å². The number of alkyl halides is 2. The Kier molecular flexibility index (Phi) is 2.72. The zero-order valence-electron chi connectivity index (χ0n) is 10.1. The molecule has 1 N–H and O–H groups in total. The summed E-state index contributed by atoms with van der Waals surface area (Å²) in [5.74, 6) is -2.42. The molecule has 5 heteroatoms. The molecular weight excluding hydrogens is 238 g/mol. The number of aromatic amines is 1. The SMILES string of the molecule is O=c1[nH]c(C2CCC(F)(F)C2)nc2c1CCCC2. The van der Waals surface area contributed by atoms with E-state index in [2.05, 4.69) is 9.97 Å². The second-order valence-electron chi connectivity index (χ2n) is 5.38. The maximum Gasteiger partial charge on any atom is 0.254 e. The van der Waals surface area contributed by atoms with Crippen molar-refractivity contribution < 1.29 is 8.78 Å². The molecule has 1 aromatic heterocycles. The molecular formula is C13H16F2N2O. The first kappa shape index (κ1) is 11.8. The molecule has 2 aliphatic rings. The van der Waals surface area contributed by atoms with Gasteiger partial charge in [0.05, 0.1) is 5.69 Å². The fraction of sp³-hybridized carbons (Fsp3) is 0.692. The standard InChI is InChI=1S/C13H16F2N2O/c14-13(15)6-5-8(7-13)11-16-10-4-2-1-3-9(10)12(18)17-11/h8H,1-7H2,(H,16,17,18). The number of H-pyrrole nitrogens is 1. The van der Waals surface area contributed by atoms with Crippen LogP contribution in [0.5, 0.6) is 0 Å². The third-order valence-electron chi connectivity index (χ3n) is 4.00. The zero-order valence-corrected chi connectivity index (χ0v) is 10.1. The molecule has 18 heavy (non-hydrogen) atoms. The first-order valence-electron chi connectivity index (χ1n) is 6.55. The van der Waals surface area contributed by atoms with E-state index in [0.29, 0.717) is 12.2 Å². The summed E-state index contributed by atoms with van der Waals surface area (Å²) in [6, 6.07) is 0. The summed E-state index contributed by atoms with van der Waals surface area (Å²) in [4.78, 5) is 19.1. The number of rotatable bonds is 1. The molecule has 1 unspecified atom stereocenters. The third kappa shape index (κ3) is 2.06. The molecule has 98 valence electrons. The zero-order chi connectivity index (χ0) is 12.8. The minimum atomic E-state index is -2.60. The summed E-state index contributed by atoms with van der Waals surface area (Å²) in [7, 11) is 0. The monoisotopic (exact) mass is 254 g/mol. The fourth-order valence-electron chi connectivity index (χ4n) is 3.00. The van der Waals surface area contributed by atoms with E-state index in [1.807, 2.05) is 0 Å². The first-order chi connectivity index (χ1) is 8.55. The fourth-order valence-corrected chi connectivity index (χ4v) is 3.00. The van der Waals surface area contributed by atoms with Crippen molar-refractivity contribution in [2.45, 2.75) is 56.8 Å². The van der Waals surface area contributed by atoms with Crippen LogP contribution in [-0.2, 0) is 12.8 Å². The molecule has 0 amide bonds. The second kappa shape index (κ2) is 4.14. The van der Waals surface area contributed by atoms with Gasteiger partial charge in [-0.05, 0) is 32.1 Å². The van der Waals surface area contributed by atoms with E-state index in [-0.39, 0.29) is 24.3 Å². The Morgan fingerprint density at radius 3 is 2.78 bits per heavy atom. The van der Waals surface area contributed by atoms with Gasteiger partial charge in [-0.15, -0.1) is 0 Å². The molecule has 1 saturated carbocycles. The van der Waals surface area contributed by atoms with Crippen molar-refractivity contribution >= 4 is 0 Å². The second-order valence-corrected chi connectivity index (χ2v) is 5.38. The molecule has 0 bridgehead atoms. The van der Waals surface area contributed by atoms with Crippen LogP contribution in [0.25, 0.3) is 0 Å². The van der Waals surface area contributed by atoms with Gasteiger partial charge in [-0.25, -0.2) is 13.8 Å². The summed E-state index contributed by atoms with van der Waals surface area (Å²) in [6.07, 6.45) is 3.73. The van der Waals surface area contributed by atoms with Crippen molar-refractivity contribution in [1.82, 2.24) is 9.97 Å². The van der Waals surface area contributed by atoms with E-state index in [0.717, 1.165) is 36.9 Å². The van der Waals surface area contributed by atoms with Crippen LogP contribution >= 0.6 is 0 Å². The summed E-state index contributed by atoms with van der Waals surface area (Å²) in [5, 5.41) is 0. The van der Waals surface area contributed by atoms with Crippen molar-refractivity contribution in [3.63, 3.8) is 0 Å². The number of hydrogen-bond acceptors (Lipinski definition) is 2. The van der Waals surface area contributed by atoms with Crippen molar-refractivity contribution in [1.29, 1.82) is 0 Å². The molecule has 0 spiro atoms. The van der Waals surface area contributed by atoms with E-state index < -0.39 is 5.92 Å². The van der Waals surface area contributed by atoms with Gasteiger partial charge < -0.3 is 4.98 Å². The Morgan fingerprint density at radius 1 is 1.28 bits per heavy atom. The lowest BCUT2D eigenvalue weighted by Gasteiger charge is -2.17. The van der Waals surface area contributed by atoms with Crippen LogP contribution < -0.4 is 5.56 Å². The molecule has 3 nitrogen and oxygen atoms in total. The lowest BCUT2D eigenvalue weighted by Crippen LogP contribution is -2.24. The number of fused-ring (bicyclic) bond motifs is 1. The van der Waals surface area contributed by atoms with Crippen LogP contribution in [0.2, 0.25) is 0 Å². The van der Waals surface area contributed by atoms with E-state index in [1.54, 1.807) is 0 Å². The van der Waals surface area contributed by atoms with Crippen LogP contribution in [0.4, 0.5) is 8.78 Å². The lowest BCUT2D eigenvalue weighted by molar-refractivity contribution is 0.00752. The highest BCUT2D eigenvalue weighted by atomic mass is 19.3. The summed E-state index contributed by atoms with van der Waals surface area (Å²) in [5.41, 5.74) is 1.47. The normalized spacial score (nSPS) is 26.0. The maximum atomic E-state index is 13.2. The van der Waals surface area contributed by atoms with Crippen molar-refractivity contribution in [3.8, 4) is 0 Å². The smallest absolute Gasteiger partial charge is 0.254 e. The van der Waals surface area contributed by atoms with Crippen molar-refractivity contribution in [2.75, 3.05) is 0 Å². The molecule has 1 aromatic rings. The molecule has 1 fully saturated rings.